The lowest BCUT2D eigenvalue weighted by Crippen LogP contribution is -2.48. The van der Waals surface area contributed by atoms with Gasteiger partial charge in [-0.1, -0.05) is 13.8 Å². The first kappa shape index (κ1) is 17.3. The van der Waals surface area contributed by atoms with Gasteiger partial charge in [0.05, 0.1) is 0 Å². The summed E-state index contributed by atoms with van der Waals surface area (Å²) in [6, 6.07) is 7.00. The van der Waals surface area contributed by atoms with Crippen LogP contribution >= 0.6 is 0 Å². The number of nitrogens with two attached hydrogens (primary N) is 1. The van der Waals surface area contributed by atoms with Gasteiger partial charge in [0, 0.05) is 44.0 Å². The predicted molar refractivity (Wildman–Crippen MR) is 101 cm³/mol. The van der Waals surface area contributed by atoms with E-state index in [1.807, 2.05) is 0 Å². The molecule has 1 aromatic rings. The smallest absolute Gasteiger partial charge is 0.224 e. The highest BCUT2D eigenvalue weighted by Crippen LogP contribution is 2.45. The molecule has 0 radical (unpaired) electrons. The molecule has 0 saturated heterocycles. The molecule has 1 heterocycles. The first-order chi connectivity index (χ1) is 11.6. The molecule has 0 spiro atoms. The van der Waals surface area contributed by atoms with Crippen LogP contribution in [0.25, 0.3) is 0 Å². The minimum absolute atomic E-state index is 0.180. The van der Waals surface area contributed by atoms with Gasteiger partial charge in [-0.2, -0.15) is 0 Å². The Morgan fingerprint density at radius 2 is 2.08 bits per heavy atom. The van der Waals surface area contributed by atoms with Crippen molar-refractivity contribution in [3.05, 3.63) is 23.8 Å². The van der Waals surface area contributed by atoms with E-state index >= 15 is 0 Å². The summed E-state index contributed by atoms with van der Waals surface area (Å²) in [6.07, 6.45) is 4.72. The number of fused-ring (bicyclic) bond motifs is 1. The van der Waals surface area contributed by atoms with Crippen LogP contribution in [0.5, 0.6) is 0 Å². The van der Waals surface area contributed by atoms with Gasteiger partial charge >= 0.3 is 0 Å². The van der Waals surface area contributed by atoms with Crippen molar-refractivity contribution < 1.29 is 4.79 Å². The molecule has 1 aromatic carbocycles. The highest BCUT2D eigenvalue weighted by atomic mass is 16.2. The second kappa shape index (κ2) is 7.14. The van der Waals surface area contributed by atoms with Crippen molar-refractivity contribution in [2.75, 3.05) is 29.4 Å². The van der Waals surface area contributed by atoms with E-state index in [2.05, 4.69) is 41.8 Å². The first-order valence-corrected chi connectivity index (χ1v) is 9.44. The molecule has 1 fully saturated rings. The normalized spacial score (nSPS) is 23.1. The average Bonchev–Trinajstić information content (AvgIpc) is 3.37. The average molecular weight is 329 g/mol. The van der Waals surface area contributed by atoms with Crippen molar-refractivity contribution in [1.82, 2.24) is 0 Å². The van der Waals surface area contributed by atoms with Crippen LogP contribution in [-0.2, 0) is 11.2 Å². The monoisotopic (exact) mass is 329 g/mol. The quantitative estimate of drug-likeness (QED) is 0.872. The van der Waals surface area contributed by atoms with Crippen molar-refractivity contribution in [3.8, 4) is 0 Å². The lowest BCUT2D eigenvalue weighted by Gasteiger charge is -2.41. The molecule has 1 aliphatic carbocycles. The van der Waals surface area contributed by atoms with Gasteiger partial charge < -0.3 is 15.5 Å². The minimum Gasteiger partial charge on any atom is -0.370 e. The Balaban J connectivity index is 1.94. The molecule has 2 aliphatic rings. The molecule has 2 N–H and O–H groups in total. The van der Waals surface area contributed by atoms with E-state index in [0.717, 1.165) is 31.6 Å². The zero-order valence-electron chi connectivity index (χ0n) is 15.3. The zero-order chi connectivity index (χ0) is 17.3. The Morgan fingerprint density at radius 3 is 2.67 bits per heavy atom. The fraction of sp³-hybridized carbons (Fsp3) is 0.650. The highest BCUT2D eigenvalue weighted by Gasteiger charge is 2.43. The van der Waals surface area contributed by atoms with Crippen molar-refractivity contribution >= 4 is 17.3 Å². The predicted octanol–water partition coefficient (Wildman–Crippen LogP) is 3.19. The number of carbonyl (C=O) groups excluding carboxylic acids is 1. The molecule has 1 amide bonds. The third kappa shape index (κ3) is 3.30. The maximum atomic E-state index is 12.4. The third-order valence-electron chi connectivity index (χ3n) is 5.45. The second-order valence-electron chi connectivity index (χ2n) is 7.49. The summed E-state index contributed by atoms with van der Waals surface area (Å²) in [5.41, 5.74) is 9.46. The number of amides is 1. The largest absolute Gasteiger partial charge is 0.370 e. The van der Waals surface area contributed by atoms with Crippen molar-refractivity contribution in [2.45, 2.75) is 52.5 Å². The lowest BCUT2D eigenvalue weighted by molar-refractivity contribution is -0.117. The zero-order valence-corrected chi connectivity index (χ0v) is 15.3. The molecular formula is C20H31N3O. The molecule has 132 valence electrons. The van der Waals surface area contributed by atoms with Gasteiger partial charge in [0.1, 0.15) is 0 Å². The van der Waals surface area contributed by atoms with Crippen LogP contribution in [0.3, 0.4) is 0 Å². The van der Waals surface area contributed by atoms with Gasteiger partial charge in [0.15, 0.2) is 0 Å². The van der Waals surface area contributed by atoms with Crippen molar-refractivity contribution in [3.63, 3.8) is 0 Å². The van der Waals surface area contributed by atoms with E-state index in [1.54, 1.807) is 6.92 Å². The number of rotatable bonds is 6. The van der Waals surface area contributed by atoms with E-state index in [9.17, 15) is 4.79 Å². The standard InChI is InChI=1S/C20H31N3O/c1-4-10-22(11-9-21)18-7-8-19-17(13-18)12-14(2)20(16-5-6-16)23(19)15(3)24/h7-8,13-14,16,20H,4-6,9-12,21H2,1-3H3. The van der Waals surface area contributed by atoms with E-state index in [1.165, 1.54) is 24.1 Å². The van der Waals surface area contributed by atoms with Gasteiger partial charge in [-0.15, -0.1) is 0 Å². The van der Waals surface area contributed by atoms with Crippen LogP contribution in [0.2, 0.25) is 0 Å². The molecule has 4 heteroatoms. The van der Waals surface area contributed by atoms with Crippen LogP contribution < -0.4 is 15.5 Å². The highest BCUT2D eigenvalue weighted by molar-refractivity contribution is 5.94. The Bertz CT molecular complexity index is 591. The van der Waals surface area contributed by atoms with Crippen LogP contribution in [0.15, 0.2) is 18.2 Å². The molecule has 0 bridgehead atoms. The molecule has 24 heavy (non-hydrogen) atoms. The Morgan fingerprint density at radius 1 is 1.33 bits per heavy atom. The molecule has 0 aromatic heterocycles. The molecule has 1 saturated carbocycles. The minimum atomic E-state index is 0.180. The summed E-state index contributed by atoms with van der Waals surface area (Å²) < 4.78 is 0. The summed E-state index contributed by atoms with van der Waals surface area (Å²) in [5.74, 6) is 1.41. The Kier molecular flexibility index (Phi) is 5.14. The molecule has 4 nitrogen and oxygen atoms in total. The lowest BCUT2D eigenvalue weighted by atomic mass is 9.84. The maximum absolute atomic E-state index is 12.4. The second-order valence-corrected chi connectivity index (χ2v) is 7.49. The third-order valence-corrected chi connectivity index (χ3v) is 5.45. The van der Waals surface area contributed by atoms with Crippen LogP contribution in [0.4, 0.5) is 11.4 Å². The van der Waals surface area contributed by atoms with Crippen LogP contribution in [0.1, 0.15) is 45.6 Å². The Hall–Kier alpha value is -1.55. The van der Waals surface area contributed by atoms with Crippen molar-refractivity contribution in [1.29, 1.82) is 0 Å². The topological polar surface area (TPSA) is 49.6 Å². The Labute approximate surface area is 146 Å². The number of anilines is 2. The number of nitrogens with zero attached hydrogens (tertiary/aromatic N) is 2. The molecule has 1 aliphatic heterocycles. The van der Waals surface area contributed by atoms with E-state index in [-0.39, 0.29) is 5.91 Å². The maximum Gasteiger partial charge on any atom is 0.224 e. The fourth-order valence-electron chi connectivity index (χ4n) is 4.34. The summed E-state index contributed by atoms with van der Waals surface area (Å²) >= 11 is 0. The van der Waals surface area contributed by atoms with Crippen LogP contribution in [-0.4, -0.2) is 31.6 Å². The number of benzene rings is 1. The molecule has 2 atom stereocenters. The molecule has 3 rings (SSSR count). The van der Waals surface area contributed by atoms with E-state index in [0.29, 0.717) is 24.4 Å². The number of carbonyl (C=O) groups is 1. The fourth-order valence-corrected chi connectivity index (χ4v) is 4.34. The molecule has 2 unspecified atom stereocenters. The van der Waals surface area contributed by atoms with Gasteiger partial charge in [-0.25, -0.2) is 0 Å². The van der Waals surface area contributed by atoms with Gasteiger partial charge in [-0.05, 0) is 61.3 Å². The van der Waals surface area contributed by atoms with Gasteiger partial charge in [-0.3, -0.25) is 4.79 Å². The van der Waals surface area contributed by atoms with Crippen molar-refractivity contribution in [2.24, 2.45) is 17.6 Å². The van der Waals surface area contributed by atoms with Crippen LogP contribution in [0, 0.1) is 11.8 Å². The SMILES string of the molecule is CCCN(CCN)c1ccc2c(c1)CC(C)C(C1CC1)N2C(C)=O. The summed E-state index contributed by atoms with van der Waals surface area (Å²) in [4.78, 5) is 16.8. The number of hydrogen-bond donors (Lipinski definition) is 1. The van der Waals surface area contributed by atoms with E-state index in [4.69, 9.17) is 5.73 Å². The summed E-state index contributed by atoms with van der Waals surface area (Å²) in [6.45, 7) is 8.77. The summed E-state index contributed by atoms with van der Waals surface area (Å²) in [5, 5.41) is 0. The summed E-state index contributed by atoms with van der Waals surface area (Å²) in [7, 11) is 0. The first-order valence-electron chi connectivity index (χ1n) is 9.44. The van der Waals surface area contributed by atoms with Gasteiger partial charge in [0.25, 0.3) is 0 Å². The molecular weight excluding hydrogens is 298 g/mol. The number of hydrogen-bond acceptors (Lipinski definition) is 3. The van der Waals surface area contributed by atoms with E-state index < -0.39 is 0 Å². The van der Waals surface area contributed by atoms with Gasteiger partial charge in [0.2, 0.25) is 5.91 Å².